The molecule has 2 N–H and O–H groups in total. The Morgan fingerprint density at radius 3 is 2.18 bits per heavy atom. The number of aliphatic hydroxyl groups excluding tert-OH is 2. The Balaban J connectivity index is 0. The Labute approximate surface area is 66.1 Å². The van der Waals surface area contributed by atoms with Crippen molar-refractivity contribution in [1.82, 2.24) is 0 Å². The van der Waals surface area contributed by atoms with E-state index in [4.69, 9.17) is 10.2 Å². The maximum Gasteiger partial charge on any atom is 0.329 e. The highest BCUT2D eigenvalue weighted by molar-refractivity contribution is 5.80. The van der Waals surface area contributed by atoms with Crippen molar-refractivity contribution >= 4 is 5.97 Å². The van der Waals surface area contributed by atoms with Gasteiger partial charge in [0.05, 0.1) is 19.8 Å². The standard InChI is InChI=1S/C4H6O2.C3H8O2/c1-3-4(5)6-2;1-3(5)2-4/h3H,1H2,2H3;3-5H,2H2,1H3. The van der Waals surface area contributed by atoms with Crippen LogP contribution in [-0.4, -0.2) is 36.0 Å². The first-order chi connectivity index (χ1) is 5.08. The Morgan fingerprint density at radius 2 is 2.18 bits per heavy atom. The first-order valence-corrected chi connectivity index (χ1v) is 3.07. The lowest BCUT2D eigenvalue weighted by Crippen LogP contribution is -2.03. The second-order valence-corrected chi connectivity index (χ2v) is 1.76. The maximum absolute atomic E-state index is 9.84. The third-order valence-electron chi connectivity index (χ3n) is 0.632. The highest BCUT2D eigenvalue weighted by Crippen LogP contribution is 1.68. The normalized spacial score (nSPS) is 10.5. The number of carbonyl (C=O) groups is 1. The molecule has 0 saturated carbocycles. The van der Waals surface area contributed by atoms with Crippen LogP contribution in [0.1, 0.15) is 6.92 Å². The molecule has 0 rings (SSSR count). The van der Waals surface area contributed by atoms with Crippen molar-refractivity contribution in [3.8, 4) is 0 Å². The topological polar surface area (TPSA) is 66.8 Å². The SMILES string of the molecule is C=CC(=O)OC.CC(O)CO. The largest absolute Gasteiger partial charge is 0.466 e. The molecule has 0 amide bonds. The lowest BCUT2D eigenvalue weighted by molar-refractivity contribution is -0.134. The molecule has 0 spiro atoms. The van der Waals surface area contributed by atoms with Crippen LogP contribution in [0.5, 0.6) is 0 Å². The van der Waals surface area contributed by atoms with E-state index in [1.165, 1.54) is 14.0 Å². The fourth-order valence-corrected chi connectivity index (χ4v) is 0.0833. The van der Waals surface area contributed by atoms with Crippen LogP contribution in [0, 0.1) is 0 Å². The van der Waals surface area contributed by atoms with Gasteiger partial charge in [-0.3, -0.25) is 0 Å². The molecule has 0 fully saturated rings. The smallest absolute Gasteiger partial charge is 0.329 e. The van der Waals surface area contributed by atoms with Crippen LogP contribution in [-0.2, 0) is 9.53 Å². The predicted octanol–water partition coefficient (Wildman–Crippen LogP) is -0.295. The molecule has 0 aromatic carbocycles. The van der Waals surface area contributed by atoms with Crippen molar-refractivity contribution in [2.24, 2.45) is 0 Å². The molecule has 0 bridgehead atoms. The molecule has 1 atom stereocenters. The van der Waals surface area contributed by atoms with Crippen molar-refractivity contribution in [3.63, 3.8) is 0 Å². The summed E-state index contributed by atoms with van der Waals surface area (Å²) in [5, 5.41) is 16.0. The van der Waals surface area contributed by atoms with Crippen molar-refractivity contribution in [2.45, 2.75) is 13.0 Å². The third-order valence-corrected chi connectivity index (χ3v) is 0.632. The molecule has 4 heteroatoms. The second kappa shape index (κ2) is 9.13. The molecule has 11 heavy (non-hydrogen) atoms. The molecule has 0 aliphatic carbocycles. The molecule has 4 nitrogen and oxygen atoms in total. The van der Waals surface area contributed by atoms with E-state index in [9.17, 15) is 4.79 Å². The average molecular weight is 162 g/mol. The number of esters is 1. The van der Waals surface area contributed by atoms with Crippen LogP contribution in [0.4, 0.5) is 0 Å². The van der Waals surface area contributed by atoms with Gasteiger partial charge in [0.2, 0.25) is 0 Å². The van der Waals surface area contributed by atoms with Crippen LogP contribution in [0.15, 0.2) is 12.7 Å². The van der Waals surface area contributed by atoms with Crippen LogP contribution >= 0.6 is 0 Å². The molecule has 0 heterocycles. The van der Waals surface area contributed by atoms with E-state index in [1.54, 1.807) is 0 Å². The maximum atomic E-state index is 9.84. The van der Waals surface area contributed by atoms with Crippen LogP contribution in [0.2, 0.25) is 0 Å². The van der Waals surface area contributed by atoms with Gasteiger partial charge in [0.1, 0.15) is 0 Å². The Bertz CT molecular complexity index is 109. The molecule has 1 unspecified atom stereocenters. The highest BCUT2D eigenvalue weighted by atomic mass is 16.5. The quantitative estimate of drug-likeness (QED) is 0.432. The average Bonchev–Trinajstić information content (AvgIpc) is 2.04. The van der Waals surface area contributed by atoms with Gasteiger partial charge in [0.15, 0.2) is 0 Å². The predicted molar refractivity (Wildman–Crippen MR) is 41.0 cm³/mol. The number of ether oxygens (including phenoxy) is 1. The van der Waals surface area contributed by atoms with Gasteiger partial charge in [-0.25, -0.2) is 4.79 Å². The van der Waals surface area contributed by atoms with Gasteiger partial charge in [-0.2, -0.15) is 0 Å². The fourth-order valence-electron chi connectivity index (χ4n) is 0.0833. The van der Waals surface area contributed by atoms with Gasteiger partial charge < -0.3 is 14.9 Å². The van der Waals surface area contributed by atoms with Crippen molar-refractivity contribution in [2.75, 3.05) is 13.7 Å². The first kappa shape index (κ1) is 12.8. The molecule has 66 valence electrons. The Kier molecular flexibility index (Phi) is 10.6. The van der Waals surface area contributed by atoms with Crippen LogP contribution < -0.4 is 0 Å². The van der Waals surface area contributed by atoms with E-state index in [0.717, 1.165) is 6.08 Å². The molecule has 0 radical (unpaired) electrons. The van der Waals surface area contributed by atoms with E-state index < -0.39 is 12.1 Å². The monoisotopic (exact) mass is 162 g/mol. The number of aliphatic hydroxyl groups is 2. The summed E-state index contributed by atoms with van der Waals surface area (Å²) in [7, 11) is 1.31. The molecular weight excluding hydrogens is 148 g/mol. The zero-order valence-corrected chi connectivity index (χ0v) is 6.78. The van der Waals surface area contributed by atoms with Crippen molar-refractivity contribution < 1.29 is 19.7 Å². The summed E-state index contributed by atoms with van der Waals surface area (Å²) < 4.78 is 4.14. The third kappa shape index (κ3) is 17.6. The minimum absolute atomic E-state index is 0.139. The molecule has 0 aromatic rings. The van der Waals surface area contributed by atoms with Crippen LogP contribution in [0.3, 0.4) is 0 Å². The lowest BCUT2D eigenvalue weighted by atomic mass is 10.5. The van der Waals surface area contributed by atoms with E-state index >= 15 is 0 Å². The van der Waals surface area contributed by atoms with Gasteiger partial charge in [-0.15, -0.1) is 0 Å². The van der Waals surface area contributed by atoms with Crippen LogP contribution in [0.25, 0.3) is 0 Å². The minimum Gasteiger partial charge on any atom is -0.466 e. The van der Waals surface area contributed by atoms with Gasteiger partial charge in [0.25, 0.3) is 0 Å². The van der Waals surface area contributed by atoms with Crippen molar-refractivity contribution in [3.05, 3.63) is 12.7 Å². The van der Waals surface area contributed by atoms with E-state index in [2.05, 4.69) is 11.3 Å². The molecular formula is C7H14O4. The Morgan fingerprint density at radius 1 is 1.82 bits per heavy atom. The zero-order valence-electron chi connectivity index (χ0n) is 6.78. The highest BCUT2D eigenvalue weighted by Gasteiger charge is 1.83. The zero-order chi connectivity index (χ0) is 9.28. The molecule has 0 saturated heterocycles. The summed E-state index contributed by atoms with van der Waals surface area (Å²) >= 11 is 0. The van der Waals surface area contributed by atoms with E-state index in [-0.39, 0.29) is 6.61 Å². The van der Waals surface area contributed by atoms with E-state index in [0.29, 0.717) is 0 Å². The number of hydrogen-bond acceptors (Lipinski definition) is 4. The minimum atomic E-state index is -0.560. The Hall–Kier alpha value is -0.870. The van der Waals surface area contributed by atoms with Gasteiger partial charge in [-0.05, 0) is 6.92 Å². The van der Waals surface area contributed by atoms with Crippen molar-refractivity contribution in [1.29, 1.82) is 0 Å². The summed E-state index contributed by atoms with van der Waals surface area (Å²) in [5.74, 6) is -0.394. The molecule has 0 aliphatic heterocycles. The lowest BCUT2D eigenvalue weighted by Gasteiger charge is -1.90. The number of methoxy groups -OCH3 is 1. The number of hydrogen-bond donors (Lipinski definition) is 2. The summed E-state index contributed by atoms with van der Waals surface area (Å²) in [6.07, 6.45) is 0.551. The summed E-state index contributed by atoms with van der Waals surface area (Å²) in [5.41, 5.74) is 0. The summed E-state index contributed by atoms with van der Waals surface area (Å²) in [6.45, 7) is 4.55. The second-order valence-electron chi connectivity index (χ2n) is 1.76. The van der Waals surface area contributed by atoms with E-state index in [1.807, 2.05) is 0 Å². The first-order valence-electron chi connectivity index (χ1n) is 3.07. The van der Waals surface area contributed by atoms with Gasteiger partial charge in [0, 0.05) is 6.08 Å². The fraction of sp³-hybridized carbons (Fsp3) is 0.571. The molecule has 0 aliphatic rings. The number of rotatable bonds is 2. The van der Waals surface area contributed by atoms with Gasteiger partial charge >= 0.3 is 5.97 Å². The van der Waals surface area contributed by atoms with Gasteiger partial charge in [-0.1, -0.05) is 6.58 Å². The summed E-state index contributed by atoms with van der Waals surface area (Å²) in [4.78, 5) is 9.84. The summed E-state index contributed by atoms with van der Waals surface area (Å²) in [6, 6.07) is 0. The number of carbonyl (C=O) groups excluding carboxylic acids is 1. The molecule has 0 aromatic heterocycles.